The van der Waals surface area contributed by atoms with Crippen LogP contribution >= 0.6 is 22.6 Å². The topological polar surface area (TPSA) is 43.4 Å². The van der Waals surface area contributed by atoms with Crippen LogP contribution in [0, 0.1) is 0 Å². The molecule has 1 unspecified atom stereocenters. The number of carbonyl (C=O) groups excluding carboxylic acids is 2. The van der Waals surface area contributed by atoms with Gasteiger partial charge in [0.05, 0.1) is 0 Å². The molecule has 0 aliphatic heterocycles. The van der Waals surface area contributed by atoms with Gasteiger partial charge in [-0.1, -0.05) is 6.92 Å². The van der Waals surface area contributed by atoms with Gasteiger partial charge in [-0.25, -0.2) is 9.18 Å². The summed E-state index contributed by atoms with van der Waals surface area (Å²) in [5.74, 6) is -3.46. The van der Waals surface area contributed by atoms with Crippen molar-refractivity contribution in [3.05, 3.63) is 0 Å². The molecule has 0 saturated carbocycles. The summed E-state index contributed by atoms with van der Waals surface area (Å²) in [6, 6.07) is 0. The first-order chi connectivity index (χ1) is 6.13. The highest BCUT2D eigenvalue weighted by atomic mass is 127. The summed E-state index contributed by atoms with van der Waals surface area (Å²) in [5.41, 5.74) is 0. The van der Waals surface area contributed by atoms with Crippen molar-refractivity contribution in [3.8, 4) is 0 Å². The minimum Gasteiger partial charge on any atom is -0.390 e. The van der Waals surface area contributed by atoms with Crippen LogP contribution in [-0.2, 0) is 14.3 Å². The third kappa shape index (κ3) is 3.07. The number of halogens is 5. The Bertz CT molecular complexity index is 248. The molecule has 0 N–H and O–H groups in total. The van der Waals surface area contributed by atoms with Gasteiger partial charge in [0.1, 0.15) is 0 Å². The van der Waals surface area contributed by atoms with E-state index in [0.717, 1.165) is 0 Å². The van der Waals surface area contributed by atoms with Crippen molar-refractivity contribution < 1.29 is 31.9 Å². The lowest BCUT2D eigenvalue weighted by Crippen LogP contribution is -2.44. The fraction of sp³-hybridized carbons (Fsp3) is 0.667. The monoisotopic (exact) mass is 328 g/mol. The van der Waals surface area contributed by atoms with Crippen molar-refractivity contribution in [1.82, 2.24) is 0 Å². The Hall–Kier alpha value is -0.410. The molecule has 14 heavy (non-hydrogen) atoms. The minimum atomic E-state index is -5.40. The molecule has 0 amide bonds. The van der Waals surface area contributed by atoms with Gasteiger partial charge in [-0.15, -0.1) is 0 Å². The van der Waals surface area contributed by atoms with E-state index >= 15 is 0 Å². The summed E-state index contributed by atoms with van der Waals surface area (Å²) < 4.78 is 47.7. The van der Waals surface area contributed by atoms with Crippen LogP contribution in [0.3, 0.4) is 0 Å². The lowest BCUT2D eigenvalue weighted by molar-refractivity contribution is -0.206. The first-order valence-electron chi connectivity index (χ1n) is 3.32. The molecule has 0 heterocycles. The quantitative estimate of drug-likeness (QED) is 0.256. The maximum absolute atomic E-state index is 12.7. The molecule has 0 fully saturated rings. The van der Waals surface area contributed by atoms with E-state index in [-0.39, 0.29) is 29.0 Å². The van der Waals surface area contributed by atoms with Crippen molar-refractivity contribution in [1.29, 1.82) is 0 Å². The van der Waals surface area contributed by atoms with Gasteiger partial charge in [0.15, 0.2) is 0 Å². The Morgan fingerprint density at radius 2 is 1.71 bits per heavy atom. The van der Waals surface area contributed by atoms with Gasteiger partial charge < -0.3 is 4.74 Å². The molecule has 0 radical (unpaired) electrons. The lowest BCUT2D eigenvalue weighted by atomic mass is 10.4. The molecule has 0 spiro atoms. The second kappa shape index (κ2) is 4.41. The first-order valence-corrected chi connectivity index (χ1v) is 4.40. The lowest BCUT2D eigenvalue weighted by Gasteiger charge is -2.18. The molecular weight excluding hydrogens is 323 g/mol. The smallest absolute Gasteiger partial charge is 0.390 e. The number of carbonyl (C=O) groups is 2. The van der Waals surface area contributed by atoms with Crippen LogP contribution in [-0.4, -0.2) is 21.8 Å². The summed E-state index contributed by atoms with van der Waals surface area (Å²) in [6.45, 7) is 1.26. The van der Waals surface area contributed by atoms with Crippen LogP contribution in [0.2, 0.25) is 0 Å². The number of rotatable bonds is 2. The van der Waals surface area contributed by atoms with Gasteiger partial charge in [0, 0.05) is 6.42 Å². The maximum Gasteiger partial charge on any atom is 0.443 e. The summed E-state index contributed by atoms with van der Waals surface area (Å²) in [5, 5.41) is 0. The summed E-state index contributed by atoms with van der Waals surface area (Å²) in [7, 11) is 0. The van der Waals surface area contributed by atoms with Crippen LogP contribution in [0.25, 0.3) is 0 Å². The van der Waals surface area contributed by atoms with E-state index in [1.54, 1.807) is 0 Å². The van der Waals surface area contributed by atoms with Crippen molar-refractivity contribution in [2.75, 3.05) is 0 Å². The number of ether oxygens (including phenoxy) is 1. The van der Waals surface area contributed by atoms with Crippen LogP contribution in [0.5, 0.6) is 0 Å². The van der Waals surface area contributed by atoms with E-state index in [2.05, 4.69) is 4.74 Å². The fourth-order valence-corrected chi connectivity index (χ4v) is 0.465. The molecule has 0 aromatic rings. The van der Waals surface area contributed by atoms with E-state index in [0.29, 0.717) is 0 Å². The van der Waals surface area contributed by atoms with E-state index in [1.807, 2.05) is 0 Å². The molecule has 0 aromatic carbocycles. The molecule has 0 aliphatic carbocycles. The highest BCUT2D eigenvalue weighted by molar-refractivity contribution is 14.1. The molecule has 82 valence electrons. The number of alkyl halides is 5. The van der Waals surface area contributed by atoms with E-state index in [4.69, 9.17) is 0 Å². The standard InChI is InChI=1S/C6H5F4IO3/c1-2-3(12)14-4(13)5(7,11)6(8,9)10/h2H2,1H3. The fourth-order valence-electron chi connectivity index (χ4n) is 0.355. The summed E-state index contributed by atoms with van der Waals surface area (Å²) in [4.78, 5) is 21.0. The average Bonchev–Trinajstić information content (AvgIpc) is 2.01. The first kappa shape index (κ1) is 13.6. The van der Waals surface area contributed by atoms with Crippen LogP contribution in [0.1, 0.15) is 13.3 Å². The predicted molar refractivity (Wildman–Crippen MR) is 45.3 cm³/mol. The predicted octanol–water partition coefficient (Wildman–Crippen LogP) is 2.13. The Labute approximate surface area is 89.9 Å². The van der Waals surface area contributed by atoms with Gasteiger partial charge in [-0.05, 0) is 22.6 Å². The number of hydrogen-bond donors (Lipinski definition) is 0. The third-order valence-electron chi connectivity index (χ3n) is 1.11. The van der Waals surface area contributed by atoms with Crippen LogP contribution in [0.15, 0.2) is 0 Å². The highest BCUT2D eigenvalue weighted by Crippen LogP contribution is 2.40. The Morgan fingerprint density at radius 3 is 2.00 bits per heavy atom. The zero-order valence-electron chi connectivity index (χ0n) is 6.82. The molecule has 3 nitrogen and oxygen atoms in total. The number of esters is 2. The van der Waals surface area contributed by atoms with E-state index in [1.165, 1.54) is 6.92 Å². The molecule has 1 atom stereocenters. The normalized spacial score (nSPS) is 15.9. The van der Waals surface area contributed by atoms with Crippen molar-refractivity contribution in [2.24, 2.45) is 0 Å². The number of hydrogen-bond acceptors (Lipinski definition) is 3. The second-order valence-corrected chi connectivity index (χ2v) is 3.67. The molecule has 8 heteroatoms. The van der Waals surface area contributed by atoms with Crippen molar-refractivity contribution >= 4 is 34.5 Å². The zero-order chi connectivity index (χ0) is 11.6. The molecule has 0 aliphatic rings. The Kier molecular flexibility index (Phi) is 4.28. The van der Waals surface area contributed by atoms with Gasteiger partial charge in [0.2, 0.25) is 0 Å². The van der Waals surface area contributed by atoms with Crippen LogP contribution < -0.4 is 0 Å². The highest BCUT2D eigenvalue weighted by Gasteiger charge is 2.62. The van der Waals surface area contributed by atoms with E-state index < -0.39 is 21.8 Å². The van der Waals surface area contributed by atoms with Crippen molar-refractivity contribution in [3.63, 3.8) is 0 Å². The van der Waals surface area contributed by atoms with Gasteiger partial charge >= 0.3 is 21.8 Å². The summed E-state index contributed by atoms with van der Waals surface area (Å²) in [6.07, 6.45) is -5.71. The molecule has 0 aromatic heterocycles. The van der Waals surface area contributed by atoms with Gasteiger partial charge in [-0.2, -0.15) is 13.2 Å². The van der Waals surface area contributed by atoms with Crippen LogP contribution in [0.4, 0.5) is 17.6 Å². The Balaban J connectivity index is 4.61. The minimum absolute atomic E-state index is 0.240. The molecule has 0 rings (SSSR count). The Morgan fingerprint density at radius 1 is 1.29 bits per heavy atom. The second-order valence-electron chi connectivity index (χ2n) is 2.19. The SMILES string of the molecule is CCC(=O)OC(=O)C(F)(I)C(F)(F)F. The van der Waals surface area contributed by atoms with Gasteiger partial charge in [-0.3, -0.25) is 4.79 Å². The average molecular weight is 328 g/mol. The van der Waals surface area contributed by atoms with Crippen molar-refractivity contribution in [2.45, 2.75) is 23.2 Å². The van der Waals surface area contributed by atoms with E-state index in [9.17, 15) is 27.2 Å². The molecular formula is C6H5F4IO3. The summed E-state index contributed by atoms with van der Waals surface area (Å²) >= 11 is 0.240. The largest absolute Gasteiger partial charge is 0.443 e. The molecule has 0 bridgehead atoms. The molecule has 0 saturated heterocycles. The maximum atomic E-state index is 12.7. The zero-order valence-corrected chi connectivity index (χ0v) is 8.98. The third-order valence-corrected chi connectivity index (χ3v) is 2.16. The van der Waals surface area contributed by atoms with Gasteiger partial charge in [0.25, 0.3) is 0 Å².